The number of terminal acetylenes is 1. The number of nitrogens with zero attached hydrogens (tertiary/aromatic N) is 1. The Labute approximate surface area is 192 Å². The predicted molar refractivity (Wildman–Crippen MR) is 129 cm³/mol. The number of halogens is 1. The van der Waals surface area contributed by atoms with Gasteiger partial charge >= 0.3 is 0 Å². The summed E-state index contributed by atoms with van der Waals surface area (Å²) in [4.78, 5) is 25.7. The number of thioether (sulfide) groups is 1. The number of benzene rings is 3. The van der Waals surface area contributed by atoms with Crippen molar-refractivity contribution in [2.24, 2.45) is 0 Å². The number of carbonyl (C=O) groups is 2. The molecule has 4 rings (SSSR count). The monoisotopic (exact) mass is 525 g/mol. The van der Waals surface area contributed by atoms with Crippen LogP contribution in [0.2, 0.25) is 0 Å². The van der Waals surface area contributed by atoms with E-state index in [2.05, 4.69) is 58.8 Å². The summed E-state index contributed by atoms with van der Waals surface area (Å²) in [6.45, 7) is 0.451. The van der Waals surface area contributed by atoms with Crippen LogP contribution in [0.4, 0.5) is 4.79 Å². The molecule has 148 valence electrons. The van der Waals surface area contributed by atoms with Crippen molar-refractivity contribution in [3.05, 3.63) is 80.3 Å². The normalized spacial score (nSPS) is 15.1. The van der Waals surface area contributed by atoms with E-state index in [-0.39, 0.29) is 17.7 Å². The van der Waals surface area contributed by atoms with Gasteiger partial charge in [0.25, 0.3) is 11.1 Å². The Hall–Kier alpha value is -2.76. The number of imide groups is 1. The summed E-state index contributed by atoms with van der Waals surface area (Å²) in [5, 5.41) is 2.04. The van der Waals surface area contributed by atoms with Gasteiger partial charge in [-0.25, -0.2) is 0 Å². The van der Waals surface area contributed by atoms with E-state index in [0.717, 1.165) is 37.1 Å². The molecule has 0 saturated carbocycles. The number of fused-ring (bicyclic) bond motifs is 1. The van der Waals surface area contributed by atoms with Crippen molar-refractivity contribution >= 4 is 62.3 Å². The predicted octanol–water partition coefficient (Wildman–Crippen LogP) is 5.69. The lowest BCUT2D eigenvalue weighted by Crippen LogP contribution is -2.28. The third-order valence-electron chi connectivity index (χ3n) is 4.58. The Balaban J connectivity index is 1.47. The van der Waals surface area contributed by atoms with Crippen molar-refractivity contribution < 1.29 is 14.3 Å². The first kappa shape index (κ1) is 20.5. The van der Waals surface area contributed by atoms with Gasteiger partial charge in [0.1, 0.15) is 12.4 Å². The standard InChI is InChI=1S/C24H16INO3S/c1-2-11-26-23(27)22(30-24(26)28)14-16-8-10-21(20(25)13-16)29-15-17-7-9-18-5-3-4-6-19(18)12-17/h1,3-10,12-14H,11,15H2/b22-14+. The molecule has 4 nitrogen and oxygen atoms in total. The quantitative estimate of drug-likeness (QED) is 0.244. The molecule has 1 fully saturated rings. The van der Waals surface area contributed by atoms with Crippen molar-refractivity contribution in [3.8, 4) is 18.1 Å². The number of hydrogen-bond acceptors (Lipinski definition) is 4. The van der Waals surface area contributed by atoms with E-state index in [1.54, 1.807) is 6.08 Å². The zero-order chi connectivity index (χ0) is 21.1. The summed E-state index contributed by atoms with van der Waals surface area (Å²) in [7, 11) is 0. The van der Waals surface area contributed by atoms with Crippen LogP contribution in [0.15, 0.2) is 65.6 Å². The van der Waals surface area contributed by atoms with Crippen LogP contribution in [0, 0.1) is 15.9 Å². The molecule has 6 heteroatoms. The molecule has 0 radical (unpaired) electrons. The third-order valence-corrected chi connectivity index (χ3v) is 6.34. The number of amides is 2. The summed E-state index contributed by atoms with van der Waals surface area (Å²) >= 11 is 3.11. The Morgan fingerprint density at radius 2 is 1.87 bits per heavy atom. The minimum Gasteiger partial charge on any atom is -0.488 e. The maximum atomic E-state index is 12.3. The zero-order valence-corrected chi connectivity index (χ0v) is 18.8. The smallest absolute Gasteiger partial charge is 0.294 e. The van der Waals surface area contributed by atoms with E-state index >= 15 is 0 Å². The lowest BCUT2D eigenvalue weighted by Gasteiger charge is -2.10. The molecule has 1 aliphatic heterocycles. The van der Waals surface area contributed by atoms with E-state index in [9.17, 15) is 9.59 Å². The van der Waals surface area contributed by atoms with Crippen molar-refractivity contribution in [2.75, 3.05) is 6.54 Å². The Morgan fingerprint density at radius 1 is 1.07 bits per heavy atom. The minimum absolute atomic E-state index is 0.0128. The fourth-order valence-corrected chi connectivity index (χ4v) is 4.63. The first-order chi connectivity index (χ1) is 14.5. The van der Waals surface area contributed by atoms with Crippen LogP contribution in [-0.2, 0) is 11.4 Å². The molecule has 1 saturated heterocycles. The van der Waals surface area contributed by atoms with E-state index in [1.165, 1.54) is 10.8 Å². The molecule has 0 unspecified atom stereocenters. The summed E-state index contributed by atoms with van der Waals surface area (Å²) in [6, 6.07) is 20.2. The van der Waals surface area contributed by atoms with Crippen molar-refractivity contribution in [1.29, 1.82) is 0 Å². The average molecular weight is 525 g/mol. The number of hydrogen-bond donors (Lipinski definition) is 0. The highest BCUT2D eigenvalue weighted by atomic mass is 127. The fraction of sp³-hybridized carbons (Fsp3) is 0.0833. The summed E-state index contributed by atoms with van der Waals surface area (Å²) in [5.74, 6) is 2.75. The molecule has 0 aliphatic carbocycles. The van der Waals surface area contributed by atoms with Crippen LogP contribution in [0.1, 0.15) is 11.1 Å². The molecule has 0 spiro atoms. The average Bonchev–Trinajstić information content (AvgIpc) is 3.00. The molecule has 0 atom stereocenters. The van der Waals surface area contributed by atoms with Gasteiger partial charge in [-0.2, -0.15) is 0 Å². The third kappa shape index (κ3) is 4.37. The molecule has 0 bridgehead atoms. The van der Waals surface area contributed by atoms with Crippen LogP contribution >= 0.6 is 34.4 Å². The van der Waals surface area contributed by atoms with E-state index in [4.69, 9.17) is 11.2 Å². The molecule has 3 aromatic carbocycles. The van der Waals surface area contributed by atoms with Gasteiger partial charge in [0.05, 0.1) is 15.0 Å². The Kier molecular flexibility index (Phi) is 6.11. The van der Waals surface area contributed by atoms with Crippen molar-refractivity contribution in [3.63, 3.8) is 0 Å². The number of ether oxygens (including phenoxy) is 1. The molecule has 3 aromatic rings. The van der Waals surface area contributed by atoms with Gasteiger partial charge in [-0.05, 0) is 80.5 Å². The Bertz CT molecular complexity index is 1230. The van der Waals surface area contributed by atoms with Gasteiger partial charge in [-0.3, -0.25) is 14.5 Å². The van der Waals surface area contributed by atoms with Crippen LogP contribution in [0.3, 0.4) is 0 Å². The first-order valence-electron chi connectivity index (χ1n) is 9.14. The van der Waals surface area contributed by atoms with Gasteiger partial charge < -0.3 is 4.74 Å². The van der Waals surface area contributed by atoms with E-state index in [0.29, 0.717) is 11.5 Å². The largest absolute Gasteiger partial charge is 0.488 e. The topological polar surface area (TPSA) is 46.6 Å². The molecule has 0 N–H and O–H groups in total. The van der Waals surface area contributed by atoms with Gasteiger partial charge in [-0.1, -0.05) is 48.4 Å². The summed E-state index contributed by atoms with van der Waals surface area (Å²) < 4.78 is 6.92. The lowest BCUT2D eigenvalue weighted by molar-refractivity contribution is -0.122. The van der Waals surface area contributed by atoms with Gasteiger partial charge in [0.15, 0.2) is 0 Å². The molecule has 2 amide bonds. The molecular weight excluding hydrogens is 509 g/mol. The van der Waals surface area contributed by atoms with Gasteiger partial charge in [0.2, 0.25) is 0 Å². The second kappa shape index (κ2) is 8.94. The van der Waals surface area contributed by atoms with Crippen LogP contribution in [0.5, 0.6) is 5.75 Å². The molecule has 0 aromatic heterocycles. The summed E-state index contributed by atoms with van der Waals surface area (Å²) in [6.07, 6.45) is 6.93. The second-order valence-electron chi connectivity index (χ2n) is 6.63. The van der Waals surface area contributed by atoms with Gasteiger partial charge in [0, 0.05) is 0 Å². The second-order valence-corrected chi connectivity index (χ2v) is 8.79. The zero-order valence-electron chi connectivity index (χ0n) is 15.8. The lowest BCUT2D eigenvalue weighted by atomic mass is 10.1. The van der Waals surface area contributed by atoms with E-state index in [1.807, 2.05) is 30.3 Å². The van der Waals surface area contributed by atoms with Crippen LogP contribution in [-0.4, -0.2) is 22.6 Å². The van der Waals surface area contributed by atoms with Crippen LogP contribution in [0.25, 0.3) is 16.8 Å². The van der Waals surface area contributed by atoms with Crippen molar-refractivity contribution in [2.45, 2.75) is 6.61 Å². The maximum Gasteiger partial charge on any atom is 0.294 e. The highest BCUT2D eigenvalue weighted by Gasteiger charge is 2.34. The maximum absolute atomic E-state index is 12.3. The number of rotatable bonds is 5. The molecular formula is C24H16INO3S. The first-order valence-corrected chi connectivity index (χ1v) is 11.0. The van der Waals surface area contributed by atoms with E-state index < -0.39 is 0 Å². The summed E-state index contributed by atoms with van der Waals surface area (Å²) in [5.41, 5.74) is 1.92. The number of carbonyl (C=O) groups excluding carboxylic acids is 2. The molecule has 1 aliphatic rings. The van der Waals surface area contributed by atoms with Gasteiger partial charge in [-0.15, -0.1) is 6.42 Å². The molecule has 30 heavy (non-hydrogen) atoms. The molecule has 1 heterocycles. The van der Waals surface area contributed by atoms with Crippen molar-refractivity contribution in [1.82, 2.24) is 4.90 Å². The minimum atomic E-state index is -0.352. The fourth-order valence-electron chi connectivity index (χ4n) is 3.09. The highest BCUT2D eigenvalue weighted by molar-refractivity contribution is 14.1. The SMILES string of the molecule is C#CCN1C(=O)S/C(=C/c2ccc(OCc3ccc4ccccc4c3)c(I)c2)C1=O. The van der Waals surface area contributed by atoms with Crippen LogP contribution < -0.4 is 4.74 Å². The highest BCUT2D eigenvalue weighted by Crippen LogP contribution is 2.33. The Morgan fingerprint density at radius 3 is 2.63 bits per heavy atom.